The molecule has 1 fully saturated rings. The molecule has 194 valence electrons. The molecule has 10 nitrogen and oxygen atoms in total. The Bertz CT molecular complexity index is 896. The van der Waals surface area contributed by atoms with Crippen molar-refractivity contribution in [2.45, 2.75) is 51.2 Å². The Morgan fingerprint density at radius 2 is 1.77 bits per heavy atom. The summed E-state index contributed by atoms with van der Waals surface area (Å²) < 4.78 is 10.3. The third-order valence-electron chi connectivity index (χ3n) is 5.75. The van der Waals surface area contributed by atoms with Crippen molar-refractivity contribution in [3.63, 3.8) is 0 Å². The van der Waals surface area contributed by atoms with Gasteiger partial charge in [0.05, 0.1) is 12.7 Å². The topological polar surface area (TPSA) is 108 Å². The third-order valence-corrected chi connectivity index (χ3v) is 5.75. The predicted molar refractivity (Wildman–Crippen MR) is 133 cm³/mol. The number of urea groups is 1. The van der Waals surface area contributed by atoms with Gasteiger partial charge in [-0.1, -0.05) is 0 Å². The number of aldehydes is 1. The van der Waals surface area contributed by atoms with Crippen molar-refractivity contribution in [1.29, 1.82) is 0 Å². The minimum absolute atomic E-state index is 0.246. The molecule has 1 aromatic rings. The fraction of sp³-hybridized carbons (Fsp3) is 0.600. The van der Waals surface area contributed by atoms with Gasteiger partial charge in [-0.25, -0.2) is 14.4 Å². The summed E-state index contributed by atoms with van der Waals surface area (Å²) in [5.74, 6) is -0.494. The Hall–Kier alpha value is -3.14. The van der Waals surface area contributed by atoms with Gasteiger partial charge in [0.2, 0.25) is 0 Å². The second kappa shape index (κ2) is 12.0. The maximum Gasteiger partial charge on any atom is 0.410 e. The number of amides is 3. The van der Waals surface area contributed by atoms with E-state index in [1.54, 1.807) is 49.9 Å². The number of anilines is 1. The molecule has 3 amide bonds. The first-order valence-electron chi connectivity index (χ1n) is 11.8. The van der Waals surface area contributed by atoms with Gasteiger partial charge in [0, 0.05) is 31.9 Å². The lowest BCUT2D eigenvalue weighted by atomic mass is 9.89. The van der Waals surface area contributed by atoms with Gasteiger partial charge < -0.3 is 29.4 Å². The number of ether oxygens (including phenoxy) is 2. The number of carbonyl (C=O) groups excluding carboxylic acids is 4. The molecule has 1 unspecified atom stereocenters. The first-order chi connectivity index (χ1) is 16.4. The SMILES string of the molecule is COC(=O)c1ccc(N(C(=O)NCCN(C)C)C2(C=O)CCCN(C(=O)OC(C)(C)C)CC2)cc1. The zero-order chi connectivity index (χ0) is 26.2. The van der Waals surface area contributed by atoms with E-state index in [-0.39, 0.29) is 13.0 Å². The van der Waals surface area contributed by atoms with Crippen LogP contribution in [0, 0.1) is 0 Å². The van der Waals surface area contributed by atoms with E-state index in [0.29, 0.717) is 43.7 Å². The molecule has 0 aliphatic carbocycles. The number of carbonyl (C=O) groups is 4. The number of likely N-dealkylation sites (N-methyl/N-ethyl adjacent to an activating group) is 1. The average molecular weight is 491 g/mol. The van der Waals surface area contributed by atoms with Gasteiger partial charge in [-0.3, -0.25) is 4.90 Å². The van der Waals surface area contributed by atoms with Crippen LogP contribution < -0.4 is 10.2 Å². The average Bonchev–Trinajstić information content (AvgIpc) is 3.01. The molecular weight excluding hydrogens is 452 g/mol. The summed E-state index contributed by atoms with van der Waals surface area (Å²) in [6, 6.07) is 5.95. The van der Waals surface area contributed by atoms with Gasteiger partial charge in [0.15, 0.2) is 0 Å². The van der Waals surface area contributed by atoms with E-state index >= 15 is 0 Å². The van der Waals surface area contributed by atoms with Crippen LogP contribution in [0.3, 0.4) is 0 Å². The van der Waals surface area contributed by atoms with Crippen molar-refractivity contribution in [1.82, 2.24) is 15.1 Å². The highest BCUT2D eigenvalue weighted by Crippen LogP contribution is 2.33. The number of hydrogen-bond donors (Lipinski definition) is 1. The maximum absolute atomic E-state index is 13.4. The third kappa shape index (κ3) is 7.68. The lowest BCUT2D eigenvalue weighted by Crippen LogP contribution is -2.57. The van der Waals surface area contributed by atoms with E-state index in [2.05, 4.69) is 5.32 Å². The standard InChI is InChI=1S/C25H38N4O6/c1-24(2,3)35-23(33)28-15-7-12-25(18-30,13-16-28)29(22(32)26-14-17-27(4)5)20-10-8-19(9-11-20)21(31)34-6/h8-11,18H,7,12-17H2,1-6H3,(H,26,32). The summed E-state index contributed by atoms with van der Waals surface area (Å²) in [7, 11) is 5.10. The van der Waals surface area contributed by atoms with Crippen LogP contribution in [0.1, 0.15) is 50.4 Å². The summed E-state index contributed by atoms with van der Waals surface area (Å²) in [6.45, 7) is 7.10. The van der Waals surface area contributed by atoms with Gasteiger partial charge >= 0.3 is 18.1 Å². The van der Waals surface area contributed by atoms with Gasteiger partial charge in [-0.15, -0.1) is 0 Å². The Morgan fingerprint density at radius 1 is 1.11 bits per heavy atom. The highest BCUT2D eigenvalue weighted by molar-refractivity contribution is 5.99. The smallest absolute Gasteiger partial charge is 0.410 e. The van der Waals surface area contributed by atoms with Crippen LogP contribution in [0.15, 0.2) is 24.3 Å². The zero-order valence-electron chi connectivity index (χ0n) is 21.6. The van der Waals surface area contributed by atoms with Crippen LogP contribution in [0.4, 0.5) is 15.3 Å². The quantitative estimate of drug-likeness (QED) is 0.462. The molecule has 0 bridgehead atoms. The molecule has 0 spiro atoms. The van der Waals surface area contributed by atoms with Gasteiger partial charge in [0.1, 0.15) is 17.4 Å². The fourth-order valence-corrected chi connectivity index (χ4v) is 3.95. The van der Waals surface area contributed by atoms with Crippen LogP contribution >= 0.6 is 0 Å². The molecule has 1 saturated heterocycles. The Balaban J connectivity index is 2.36. The zero-order valence-corrected chi connectivity index (χ0v) is 21.6. The van der Waals surface area contributed by atoms with Crippen LogP contribution in [0.2, 0.25) is 0 Å². The fourth-order valence-electron chi connectivity index (χ4n) is 3.95. The van der Waals surface area contributed by atoms with Crippen LogP contribution in [-0.2, 0) is 14.3 Å². The number of likely N-dealkylation sites (tertiary alicyclic amines) is 1. The normalized spacial score (nSPS) is 18.4. The summed E-state index contributed by atoms with van der Waals surface area (Å²) in [5, 5.41) is 2.89. The molecular formula is C25H38N4O6. The van der Waals surface area contributed by atoms with Crippen LogP contribution in [-0.4, -0.2) is 92.7 Å². The molecule has 10 heteroatoms. The molecule has 0 saturated carbocycles. The molecule has 1 atom stereocenters. The van der Waals surface area contributed by atoms with E-state index in [9.17, 15) is 19.2 Å². The predicted octanol–water partition coefficient (Wildman–Crippen LogP) is 2.91. The largest absolute Gasteiger partial charge is 0.465 e. The van der Waals surface area contributed by atoms with E-state index in [4.69, 9.17) is 9.47 Å². The minimum atomic E-state index is -1.17. The maximum atomic E-state index is 13.4. The first-order valence-corrected chi connectivity index (χ1v) is 11.8. The second-order valence-corrected chi connectivity index (χ2v) is 9.95. The Labute approximate surface area is 207 Å². The van der Waals surface area contributed by atoms with Gasteiger partial charge in [-0.05, 0) is 78.4 Å². The summed E-state index contributed by atoms with van der Waals surface area (Å²) in [5.41, 5.74) is -1.00. The lowest BCUT2D eigenvalue weighted by molar-refractivity contribution is -0.112. The molecule has 0 radical (unpaired) electrons. The number of rotatable bonds is 7. The molecule has 1 aliphatic rings. The van der Waals surface area contributed by atoms with Crippen molar-refractivity contribution < 1.29 is 28.7 Å². The monoisotopic (exact) mass is 490 g/mol. The van der Waals surface area contributed by atoms with Crippen LogP contribution in [0.25, 0.3) is 0 Å². The number of nitrogens with one attached hydrogen (secondary N) is 1. The molecule has 1 N–H and O–H groups in total. The molecule has 1 aromatic carbocycles. The molecule has 1 heterocycles. The molecule has 35 heavy (non-hydrogen) atoms. The number of hydrogen-bond acceptors (Lipinski definition) is 7. The van der Waals surface area contributed by atoms with Gasteiger partial charge in [0.25, 0.3) is 0 Å². The Morgan fingerprint density at radius 3 is 2.31 bits per heavy atom. The van der Waals surface area contributed by atoms with Gasteiger partial charge in [-0.2, -0.15) is 0 Å². The van der Waals surface area contributed by atoms with E-state index in [0.717, 1.165) is 6.29 Å². The number of benzene rings is 1. The van der Waals surface area contributed by atoms with Crippen molar-refractivity contribution in [2.24, 2.45) is 0 Å². The van der Waals surface area contributed by atoms with Crippen molar-refractivity contribution in [2.75, 3.05) is 52.3 Å². The van der Waals surface area contributed by atoms with Crippen LogP contribution in [0.5, 0.6) is 0 Å². The summed E-state index contributed by atoms with van der Waals surface area (Å²) >= 11 is 0. The first kappa shape index (κ1) is 28.1. The van der Waals surface area contributed by atoms with E-state index < -0.39 is 29.2 Å². The summed E-state index contributed by atoms with van der Waals surface area (Å²) in [4.78, 5) is 55.5. The molecule has 2 rings (SSSR count). The van der Waals surface area contributed by atoms with Crippen molar-refractivity contribution in [3.8, 4) is 0 Å². The second-order valence-electron chi connectivity index (χ2n) is 9.95. The van der Waals surface area contributed by atoms with E-state index in [1.807, 2.05) is 19.0 Å². The van der Waals surface area contributed by atoms with Crippen molar-refractivity contribution in [3.05, 3.63) is 29.8 Å². The number of methoxy groups -OCH3 is 1. The Kier molecular flexibility index (Phi) is 9.64. The highest BCUT2D eigenvalue weighted by Gasteiger charge is 2.43. The summed E-state index contributed by atoms with van der Waals surface area (Å²) in [6.07, 6.45) is 1.49. The lowest BCUT2D eigenvalue weighted by Gasteiger charge is -2.39. The molecule has 1 aliphatic heterocycles. The van der Waals surface area contributed by atoms with E-state index in [1.165, 1.54) is 12.0 Å². The highest BCUT2D eigenvalue weighted by atomic mass is 16.6. The van der Waals surface area contributed by atoms with Crippen molar-refractivity contribution >= 4 is 30.1 Å². The number of esters is 1. The number of nitrogens with zero attached hydrogens (tertiary/aromatic N) is 3. The molecule has 0 aromatic heterocycles. The minimum Gasteiger partial charge on any atom is -0.465 e.